The van der Waals surface area contributed by atoms with E-state index in [0.717, 1.165) is 48.8 Å². The van der Waals surface area contributed by atoms with E-state index >= 15 is 0 Å². The molecule has 0 amide bonds. The Kier molecular flexibility index (Phi) is 4.64. The van der Waals surface area contributed by atoms with Crippen LogP contribution in [-0.2, 0) is 12.8 Å². The number of rotatable bonds is 5. The van der Waals surface area contributed by atoms with Gasteiger partial charge >= 0.3 is 0 Å². The number of benzene rings is 2. The Balaban J connectivity index is 1.57. The fraction of sp³-hybridized carbons (Fsp3) is 0.429. The summed E-state index contributed by atoms with van der Waals surface area (Å²) in [5.41, 5.74) is 3.98. The van der Waals surface area contributed by atoms with Gasteiger partial charge in [0, 0.05) is 12.6 Å². The van der Waals surface area contributed by atoms with Crippen LogP contribution in [0.1, 0.15) is 29.2 Å². The van der Waals surface area contributed by atoms with Crippen molar-refractivity contribution in [1.82, 2.24) is 4.90 Å². The van der Waals surface area contributed by atoms with Gasteiger partial charge in [0.15, 0.2) is 23.0 Å². The largest absolute Gasteiger partial charge is 0.493 e. The first kappa shape index (κ1) is 17.0. The Labute approximate surface area is 154 Å². The van der Waals surface area contributed by atoms with Crippen molar-refractivity contribution in [3.05, 3.63) is 47.0 Å². The van der Waals surface area contributed by atoms with E-state index in [0.29, 0.717) is 12.8 Å². The van der Waals surface area contributed by atoms with Gasteiger partial charge in [0.05, 0.1) is 14.2 Å². The van der Waals surface area contributed by atoms with E-state index in [9.17, 15) is 0 Å². The fourth-order valence-electron chi connectivity index (χ4n) is 3.93. The molecular weight excluding hydrogens is 330 g/mol. The zero-order valence-electron chi connectivity index (χ0n) is 15.6. The second kappa shape index (κ2) is 7.08. The lowest BCUT2D eigenvalue weighted by Crippen LogP contribution is -2.32. The molecule has 0 bridgehead atoms. The molecule has 0 saturated carbocycles. The number of methoxy groups -OCH3 is 2. The van der Waals surface area contributed by atoms with Gasteiger partial charge in [-0.2, -0.15) is 0 Å². The van der Waals surface area contributed by atoms with Crippen LogP contribution < -0.4 is 18.9 Å². The van der Waals surface area contributed by atoms with Crippen molar-refractivity contribution >= 4 is 0 Å². The maximum Gasteiger partial charge on any atom is 0.231 e. The molecule has 5 heteroatoms. The fourth-order valence-corrected chi connectivity index (χ4v) is 3.93. The van der Waals surface area contributed by atoms with Gasteiger partial charge in [0.1, 0.15) is 0 Å². The summed E-state index contributed by atoms with van der Waals surface area (Å²) in [6.45, 7) is 1.37. The average Bonchev–Trinajstić information content (AvgIpc) is 3.14. The van der Waals surface area contributed by atoms with Crippen LogP contribution in [-0.4, -0.2) is 39.5 Å². The van der Waals surface area contributed by atoms with Crippen molar-refractivity contribution in [2.45, 2.75) is 25.3 Å². The highest BCUT2D eigenvalue weighted by Crippen LogP contribution is 2.40. The Morgan fingerprint density at radius 1 is 1.04 bits per heavy atom. The molecule has 0 saturated heterocycles. The van der Waals surface area contributed by atoms with Crippen molar-refractivity contribution in [3.8, 4) is 23.0 Å². The lowest BCUT2D eigenvalue weighted by molar-refractivity contribution is 0.174. The molecule has 138 valence electrons. The first-order valence-electron chi connectivity index (χ1n) is 9.03. The second-order valence-electron chi connectivity index (χ2n) is 6.88. The first-order chi connectivity index (χ1) is 12.7. The number of fused-ring (bicyclic) bond motifs is 2. The van der Waals surface area contributed by atoms with Crippen LogP contribution in [0.15, 0.2) is 30.3 Å². The molecule has 2 heterocycles. The average molecular weight is 355 g/mol. The maximum atomic E-state index is 5.53. The van der Waals surface area contributed by atoms with E-state index < -0.39 is 0 Å². The Hall–Kier alpha value is -2.40. The molecule has 0 fully saturated rings. The highest BCUT2D eigenvalue weighted by atomic mass is 16.7. The normalized spacial score (nSPS) is 18.5. The molecule has 0 N–H and O–H groups in total. The minimum absolute atomic E-state index is 0.319. The molecular formula is C21H25NO4. The molecule has 0 aromatic heterocycles. The van der Waals surface area contributed by atoms with Crippen molar-refractivity contribution in [2.75, 3.05) is 34.6 Å². The first-order valence-corrected chi connectivity index (χ1v) is 9.03. The molecule has 2 aliphatic rings. The molecule has 0 aliphatic carbocycles. The number of ether oxygens (including phenoxy) is 4. The zero-order valence-corrected chi connectivity index (χ0v) is 15.6. The van der Waals surface area contributed by atoms with Gasteiger partial charge in [-0.05, 0) is 67.3 Å². The monoisotopic (exact) mass is 355 g/mol. The van der Waals surface area contributed by atoms with E-state index in [1.807, 2.05) is 6.07 Å². The number of aryl methyl sites for hydroxylation is 1. The lowest BCUT2D eigenvalue weighted by Gasteiger charge is -2.35. The Morgan fingerprint density at radius 3 is 2.62 bits per heavy atom. The van der Waals surface area contributed by atoms with Gasteiger partial charge in [-0.1, -0.05) is 6.07 Å². The van der Waals surface area contributed by atoms with Crippen LogP contribution in [0.5, 0.6) is 23.0 Å². The number of hydrogen-bond acceptors (Lipinski definition) is 5. The van der Waals surface area contributed by atoms with Gasteiger partial charge in [-0.3, -0.25) is 4.90 Å². The van der Waals surface area contributed by atoms with E-state index in [4.69, 9.17) is 18.9 Å². The molecule has 0 spiro atoms. The summed E-state index contributed by atoms with van der Waals surface area (Å²) in [7, 11) is 5.58. The molecule has 26 heavy (non-hydrogen) atoms. The second-order valence-corrected chi connectivity index (χ2v) is 6.88. The van der Waals surface area contributed by atoms with E-state index in [1.54, 1.807) is 14.2 Å². The van der Waals surface area contributed by atoms with Crippen LogP contribution in [0.4, 0.5) is 0 Å². The van der Waals surface area contributed by atoms with Crippen LogP contribution in [0.25, 0.3) is 0 Å². The van der Waals surface area contributed by atoms with Gasteiger partial charge in [0.2, 0.25) is 6.79 Å². The number of nitrogens with zero attached hydrogens (tertiary/aromatic N) is 1. The Bertz CT molecular complexity index is 805. The standard InChI is InChI=1S/C21H25NO4/c1-22-9-8-15-11-19(23-2)20(24-3)12-16(15)17(22)6-4-14-5-7-18-21(10-14)26-13-25-18/h5,7,10-12,17H,4,6,8-9,13H2,1-3H3/t17-/m1/s1. The molecule has 4 rings (SSSR count). The van der Waals surface area contributed by atoms with Crippen LogP contribution in [0, 0.1) is 0 Å². The highest BCUT2D eigenvalue weighted by molar-refractivity contribution is 5.49. The van der Waals surface area contributed by atoms with Crippen LogP contribution >= 0.6 is 0 Å². The van der Waals surface area contributed by atoms with E-state index in [-0.39, 0.29) is 0 Å². The summed E-state index contributed by atoms with van der Waals surface area (Å²) in [6, 6.07) is 10.9. The summed E-state index contributed by atoms with van der Waals surface area (Å²) in [5.74, 6) is 3.30. The van der Waals surface area contributed by atoms with Gasteiger partial charge in [-0.25, -0.2) is 0 Å². The van der Waals surface area contributed by atoms with Crippen molar-refractivity contribution in [3.63, 3.8) is 0 Å². The topological polar surface area (TPSA) is 40.2 Å². The zero-order chi connectivity index (χ0) is 18.1. The van der Waals surface area contributed by atoms with Crippen LogP contribution in [0.2, 0.25) is 0 Å². The number of likely N-dealkylation sites (N-methyl/N-ethyl adjacent to an activating group) is 1. The van der Waals surface area contributed by atoms with Crippen molar-refractivity contribution < 1.29 is 18.9 Å². The molecule has 2 aromatic rings. The van der Waals surface area contributed by atoms with Crippen LogP contribution in [0.3, 0.4) is 0 Å². The minimum atomic E-state index is 0.319. The summed E-state index contributed by atoms with van der Waals surface area (Å²) in [4.78, 5) is 2.43. The predicted molar refractivity (Wildman–Crippen MR) is 99.5 cm³/mol. The molecule has 2 aromatic carbocycles. The predicted octanol–water partition coefficient (Wildman–Crippen LogP) is 3.59. The third-order valence-electron chi connectivity index (χ3n) is 5.41. The van der Waals surface area contributed by atoms with Gasteiger partial charge < -0.3 is 18.9 Å². The quantitative estimate of drug-likeness (QED) is 0.820. The van der Waals surface area contributed by atoms with Crippen molar-refractivity contribution in [1.29, 1.82) is 0 Å². The van der Waals surface area contributed by atoms with E-state index in [1.165, 1.54) is 16.7 Å². The van der Waals surface area contributed by atoms with Gasteiger partial charge in [0.25, 0.3) is 0 Å². The maximum absolute atomic E-state index is 5.53. The third-order valence-corrected chi connectivity index (χ3v) is 5.41. The molecule has 1 atom stereocenters. The molecule has 5 nitrogen and oxygen atoms in total. The highest BCUT2D eigenvalue weighted by Gasteiger charge is 2.26. The summed E-state index contributed by atoms with van der Waals surface area (Å²) in [5, 5.41) is 0. The SMILES string of the molecule is COc1cc2c(cc1OC)[C@@H](CCc1ccc3c(c1)OCO3)N(C)CC2. The smallest absolute Gasteiger partial charge is 0.231 e. The van der Waals surface area contributed by atoms with Gasteiger partial charge in [-0.15, -0.1) is 0 Å². The minimum Gasteiger partial charge on any atom is -0.493 e. The lowest BCUT2D eigenvalue weighted by atomic mass is 9.89. The third kappa shape index (κ3) is 3.07. The summed E-state index contributed by atoms with van der Waals surface area (Å²) in [6.07, 6.45) is 3.06. The van der Waals surface area contributed by atoms with Crippen molar-refractivity contribution in [2.24, 2.45) is 0 Å². The number of hydrogen-bond donors (Lipinski definition) is 0. The molecule has 2 aliphatic heterocycles. The summed E-state index contributed by atoms with van der Waals surface area (Å²) >= 11 is 0. The molecule has 0 unspecified atom stereocenters. The Morgan fingerprint density at radius 2 is 1.81 bits per heavy atom. The molecule has 0 radical (unpaired) electrons. The summed E-state index contributed by atoms with van der Waals surface area (Å²) < 4.78 is 21.9. The van der Waals surface area contributed by atoms with E-state index in [2.05, 4.69) is 36.2 Å².